The number of nitrogens with one attached hydrogen (secondary N) is 1. The second-order valence-electron chi connectivity index (χ2n) is 7.29. The third kappa shape index (κ3) is 2.76. The molecule has 138 valence electrons. The minimum absolute atomic E-state index is 0.0325. The SMILES string of the molecule is Cc1nc2ccc(C(=O)N3CCCC3(C)C(=O)N3CCOCC3)cc2[nH]1. The van der Waals surface area contributed by atoms with Crippen molar-refractivity contribution in [2.45, 2.75) is 32.2 Å². The predicted octanol–water partition coefficient (Wildman–Crippen LogP) is 1.72. The van der Waals surface area contributed by atoms with E-state index >= 15 is 0 Å². The molecule has 2 aliphatic rings. The van der Waals surface area contributed by atoms with E-state index in [-0.39, 0.29) is 11.8 Å². The smallest absolute Gasteiger partial charge is 0.254 e. The summed E-state index contributed by atoms with van der Waals surface area (Å²) in [4.78, 5) is 37.5. The first-order valence-corrected chi connectivity index (χ1v) is 9.14. The third-order valence-electron chi connectivity index (χ3n) is 5.49. The molecule has 26 heavy (non-hydrogen) atoms. The van der Waals surface area contributed by atoms with Gasteiger partial charge in [-0.1, -0.05) is 0 Å². The van der Waals surface area contributed by atoms with Crippen molar-refractivity contribution < 1.29 is 14.3 Å². The van der Waals surface area contributed by atoms with Gasteiger partial charge < -0.3 is 19.5 Å². The molecule has 3 heterocycles. The Balaban J connectivity index is 1.61. The Hall–Kier alpha value is -2.41. The van der Waals surface area contributed by atoms with Crippen LogP contribution in [0.25, 0.3) is 11.0 Å². The minimum Gasteiger partial charge on any atom is -0.378 e. The highest BCUT2D eigenvalue weighted by molar-refractivity contribution is 6.01. The number of likely N-dealkylation sites (tertiary alicyclic amines) is 1. The van der Waals surface area contributed by atoms with Gasteiger partial charge in [-0.3, -0.25) is 9.59 Å². The van der Waals surface area contributed by atoms with E-state index in [4.69, 9.17) is 4.74 Å². The number of aromatic nitrogens is 2. The molecule has 1 aromatic heterocycles. The molecule has 1 unspecified atom stereocenters. The zero-order valence-electron chi connectivity index (χ0n) is 15.2. The highest BCUT2D eigenvalue weighted by atomic mass is 16.5. The van der Waals surface area contributed by atoms with Crippen LogP contribution in [0.3, 0.4) is 0 Å². The Kier molecular flexibility index (Phi) is 4.19. The summed E-state index contributed by atoms with van der Waals surface area (Å²) >= 11 is 0. The number of carbonyl (C=O) groups excluding carboxylic acids is 2. The van der Waals surface area contributed by atoms with E-state index in [1.54, 1.807) is 11.0 Å². The number of H-pyrrole nitrogens is 1. The number of aryl methyl sites for hydroxylation is 1. The quantitative estimate of drug-likeness (QED) is 0.889. The number of ether oxygens (including phenoxy) is 1. The van der Waals surface area contributed by atoms with E-state index in [1.165, 1.54) is 0 Å². The highest BCUT2D eigenvalue weighted by Crippen LogP contribution is 2.33. The normalized spacial score (nSPS) is 23.6. The molecule has 0 bridgehead atoms. The maximum Gasteiger partial charge on any atom is 0.254 e. The summed E-state index contributed by atoms with van der Waals surface area (Å²) in [6.07, 6.45) is 1.53. The van der Waals surface area contributed by atoms with Gasteiger partial charge in [0.2, 0.25) is 5.91 Å². The first-order chi connectivity index (χ1) is 12.5. The second kappa shape index (κ2) is 6.39. The molecular weight excluding hydrogens is 332 g/mol. The van der Waals surface area contributed by atoms with E-state index in [0.29, 0.717) is 44.8 Å². The summed E-state index contributed by atoms with van der Waals surface area (Å²) in [5, 5.41) is 0. The van der Waals surface area contributed by atoms with Gasteiger partial charge >= 0.3 is 0 Å². The van der Waals surface area contributed by atoms with Gasteiger partial charge in [0, 0.05) is 25.2 Å². The zero-order valence-corrected chi connectivity index (χ0v) is 15.2. The van der Waals surface area contributed by atoms with Crippen molar-refractivity contribution in [1.82, 2.24) is 19.8 Å². The number of aromatic amines is 1. The van der Waals surface area contributed by atoms with Crippen LogP contribution in [0.4, 0.5) is 0 Å². The fourth-order valence-corrected chi connectivity index (χ4v) is 4.04. The summed E-state index contributed by atoms with van der Waals surface area (Å²) in [5.41, 5.74) is 1.48. The van der Waals surface area contributed by atoms with Gasteiger partial charge in [0.05, 0.1) is 24.2 Å². The Morgan fingerprint density at radius 1 is 1.23 bits per heavy atom. The molecule has 0 saturated carbocycles. The van der Waals surface area contributed by atoms with Crippen molar-refractivity contribution in [2.75, 3.05) is 32.8 Å². The van der Waals surface area contributed by atoms with Crippen molar-refractivity contribution in [1.29, 1.82) is 0 Å². The molecule has 7 nitrogen and oxygen atoms in total. The van der Waals surface area contributed by atoms with Crippen LogP contribution in [0.2, 0.25) is 0 Å². The number of amides is 2. The van der Waals surface area contributed by atoms with Crippen molar-refractivity contribution in [3.63, 3.8) is 0 Å². The topological polar surface area (TPSA) is 78.5 Å². The van der Waals surface area contributed by atoms with Gasteiger partial charge in [0.1, 0.15) is 11.4 Å². The number of fused-ring (bicyclic) bond motifs is 1. The Morgan fingerprint density at radius 3 is 2.77 bits per heavy atom. The molecule has 2 aromatic rings. The Bertz CT molecular complexity index is 856. The number of hydrogen-bond donors (Lipinski definition) is 1. The number of benzene rings is 1. The molecule has 0 spiro atoms. The van der Waals surface area contributed by atoms with E-state index in [9.17, 15) is 9.59 Å². The lowest BCUT2D eigenvalue weighted by Crippen LogP contribution is -2.58. The van der Waals surface area contributed by atoms with Gasteiger partial charge in [-0.15, -0.1) is 0 Å². The van der Waals surface area contributed by atoms with Crippen molar-refractivity contribution in [3.05, 3.63) is 29.6 Å². The number of hydrogen-bond acceptors (Lipinski definition) is 4. The van der Waals surface area contributed by atoms with Crippen molar-refractivity contribution >= 4 is 22.8 Å². The first-order valence-electron chi connectivity index (χ1n) is 9.14. The van der Waals surface area contributed by atoms with Crippen LogP contribution in [0, 0.1) is 6.92 Å². The molecule has 4 rings (SSSR count). The predicted molar refractivity (Wildman–Crippen MR) is 96.9 cm³/mol. The number of carbonyl (C=O) groups is 2. The molecule has 7 heteroatoms. The van der Waals surface area contributed by atoms with Crippen LogP contribution >= 0.6 is 0 Å². The molecule has 1 N–H and O–H groups in total. The van der Waals surface area contributed by atoms with Crippen LogP contribution < -0.4 is 0 Å². The average Bonchev–Trinajstić information content (AvgIpc) is 3.23. The molecule has 1 atom stereocenters. The van der Waals surface area contributed by atoms with Gasteiger partial charge in [-0.05, 0) is 44.9 Å². The lowest BCUT2D eigenvalue weighted by Gasteiger charge is -2.39. The standard InChI is InChI=1S/C19H24N4O3/c1-13-20-15-5-4-14(12-16(15)21-13)17(24)23-7-3-6-19(23,2)18(25)22-8-10-26-11-9-22/h4-5,12H,3,6-11H2,1-2H3,(H,20,21). The fourth-order valence-electron chi connectivity index (χ4n) is 4.04. The Labute approximate surface area is 152 Å². The van der Waals surface area contributed by atoms with Gasteiger partial charge in [-0.25, -0.2) is 4.98 Å². The molecule has 2 aliphatic heterocycles. The van der Waals surface area contributed by atoms with Gasteiger partial charge in [0.25, 0.3) is 5.91 Å². The fraction of sp³-hybridized carbons (Fsp3) is 0.526. The van der Waals surface area contributed by atoms with Crippen LogP contribution in [0.5, 0.6) is 0 Å². The number of rotatable bonds is 2. The summed E-state index contributed by atoms with van der Waals surface area (Å²) in [6.45, 7) is 6.70. The monoisotopic (exact) mass is 356 g/mol. The first kappa shape index (κ1) is 17.0. The van der Waals surface area contributed by atoms with E-state index < -0.39 is 5.54 Å². The van der Waals surface area contributed by atoms with Crippen molar-refractivity contribution in [3.8, 4) is 0 Å². The minimum atomic E-state index is -0.784. The summed E-state index contributed by atoms with van der Waals surface area (Å²) in [7, 11) is 0. The molecule has 0 aliphatic carbocycles. The van der Waals surface area contributed by atoms with Crippen LogP contribution in [-0.2, 0) is 9.53 Å². The number of imidazole rings is 1. The lowest BCUT2D eigenvalue weighted by atomic mass is 9.95. The average molecular weight is 356 g/mol. The molecule has 0 radical (unpaired) electrons. The molecule has 2 amide bonds. The van der Waals surface area contributed by atoms with Crippen LogP contribution in [0.1, 0.15) is 35.9 Å². The second-order valence-corrected chi connectivity index (χ2v) is 7.29. The van der Waals surface area contributed by atoms with Crippen LogP contribution in [0.15, 0.2) is 18.2 Å². The van der Waals surface area contributed by atoms with Gasteiger partial charge in [0.15, 0.2) is 0 Å². The number of morpholine rings is 1. The zero-order chi connectivity index (χ0) is 18.3. The van der Waals surface area contributed by atoms with E-state index in [1.807, 2.05) is 30.9 Å². The summed E-state index contributed by atoms with van der Waals surface area (Å²) < 4.78 is 5.35. The lowest BCUT2D eigenvalue weighted by molar-refractivity contribution is -0.144. The van der Waals surface area contributed by atoms with E-state index in [2.05, 4.69) is 9.97 Å². The maximum atomic E-state index is 13.2. The molecule has 2 saturated heterocycles. The van der Waals surface area contributed by atoms with Gasteiger partial charge in [-0.2, -0.15) is 0 Å². The third-order valence-corrected chi connectivity index (χ3v) is 5.49. The number of nitrogens with zero attached hydrogens (tertiary/aromatic N) is 3. The summed E-state index contributed by atoms with van der Waals surface area (Å²) in [5.74, 6) is 0.754. The molecule has 1 aromatic carbocycles. The molecule has 2 fully saturated rings. The molecular formula is C19H24N4O3. The Morgan fingerprint density at radius 2 is 2.00 bits per heavy atom. The van der Waals surface area contributed by atoms with Crippen molar-refractivity contribution in [2.24, 2.45) is 0 Å². The largest absolute Gasteiger partial charge is 0.378 e. The van der Waals surface area contributed by atoms with E-state index in [0.717, 1.165) is 23.3 Å². The summed E-state index contributed by atoms with van der Waals surface area (Å²) in [6, 6.07) is 5.47. The van der Waals surface area contributed by atoms with Crippen LogP contribution in [-0.4, -0.2) is 70.0 Å². The highest BCUT2D eigenvalue weighted by Gasteiger charge is 2.47. The maximum absolute atomic E-state index is 13.2.